The van der Waals surface area contributed by atoms with Crippen LogP contribution in [0.5, 0.6) is 0 Å². The quantitative estimate of drug-likeness (QED) is 0.335. The maximum atomic E-state index is 13.0. The minimum Gasteiger partial charge on any atom is -0.461 e. The van der Waals surface area contributed by atoms with Gasteiger partial charge in [0.15, 0.2) is 11.7 Å². The van der Waals surface area contributed by atoms with E-state index < -0.39 is 36.0 Å². The lowest BCUT2D eigenvalue weighted by Crippen LogP contribution is -2.32. The predicted octanol–water partition coefficient (Wildman–Crippen LogP) is 4.91. The first kappa shape index (κ1) is 21.8. The lowest BCUT2D eigenvalue weighted by molar-refractivity contribution is -0.160. The molecule has 4 atom stereocenters. The first-order chi connectivity index (χ1) is 14.5. The molecule has 5 nitrogen and oxygen atoms in total. The van der Waals surface area contributed by atoms with E-state index >= 15 is 0 Å². The molecule has 2 aromatic carbocycles. The van der Waals surface area contributed by atoms with Gasteiger partial charge in [0.25, 0.3) is 0 Å². The minimum absolute atomic E-state index is 0.0730. The second-order valence-corrected chi connectivity index (χ2v) is 7.74. The summed E-state index contributed by atoms with van der Waals surface area (Å²) in [4.78, 5) is 38.4. The van der Waals surface area contributed by atoms with Gasteiger partial charge in [-0.2, -0.15) is 0 Å². The third-order valence-corrected chi connectivity index (χ3v) is 5.60. The van der Waals surface area contributed by atoms with Crippen LogP contribution in [0.15, 0.2) is 60.7 Å². The monoisotopic (exact) mass is 408 g/mol. The number of ketones is 1. The second-order valence-electron chi connectivity index (χ2n) is 7.74. The molecule has 158 valence electrons. The maximum absolute atomic E-state index is 13.0. The van der Waals surface area contributed by atoms with Gasteiger partial charge < -0.3 is 9.47 Å². The van der Waals surface area contributed by atoms with Crippen LogP contribution in [0.3, 0.4) is 0 Å². The smallest absolute Gasteiger partial charge is 0.321 e. The van der Waals surface area contributed by atoms with E-state index in [0.717, 1.165) is 18.4 Å². The summed E-state index contributed by atoms with van der Waals surface area (Å²) in [5, 5.41) is 0. The van der Waals surface area contributed by atoms with Crippen molar-refractivity contribution in [2.24, 2.45) is 11.8 Å². The zero-order chi connectivity index (χ0) is 21.5. The molecular formula is C25H28O5. The number of Topliss-reactive ketones (excluding diaryl/α,β-unsaturated/α-hetero) is 1. The first-order valence-corrected chi connectivity index (χ1v) is 10.6. The average molecular weight is 408 g/mol. The third kappa shape index (κ3) is 5.15. The van der Waals surface area contributed by atoms with Crippen LogP contribution in [0, 0.1) is 11.8 Å². The van der Waals surface area contributed by atoms with E-state index in [0.29, 0.717) is 12.0 Å². The van der Waals surface area contributed by atoms with E-state index in [1.807, 2.05) is 43.3 Å². The fourth-order valence-electron chi connectivity index (χ4n) is 3.89. The lowest BCUT2D eigenvalue weighted by atomic mass is 9.83. The predicted molar refractivity (Wildman–Crippen MR) is 113 cm³/mol. The Kier molecular flexibility index (Phi) is 7.39. The van der Waals surface area contributed by atoms with E-state index in [1.54, 1.807) is 31.2 Å². The van der Waals surface area contributed by atoms with E-state index in [1.165, 1.54) is 0 Å². The van der Waals surface area contributed by atoms with Crippen LogP contribution in [0.4, 0.5) is 0 Å². The summed E-state index contributed by atoms with van der Waals surface area (Å²) in [7, 11) is 0. The van der Waals surface area contributed by atoms with E-state index in [9.17, 15) is 14.4 Å². The number of ether oxygens (including phenoxy) is 2. The zero-order valence-corrected chi connectivity index (χ0v) is 17.5. The van der Waals surface area contributed by atoms with Gasteiger partial charge in [0, 0.05) is 17.9 Å². The van der Waals surface area contributed by atoms with Gasteiger partial charge in [0.2, 0.25) is 0 Å². The van der Waals surface area contributed by atoms with E-state index in [2.05, 4.69) is 0 Å². The van der Waals surface area contributed by atoms with Crippen LogP contribution in [0.25, 0.3) is 0 Å². The van der Waals surface area contributed by atoms with Crippen LogP contribution in [-0.4, -0.2) is 23.8 Å². The van der Waals surface area contributed by atoms with Gasteiger partial charge in [-0.1, -0.05) is 80.4 Å². The Hall–Kier alpha value is -2.95. The Balaban J connectivity index is 1.77. The fourth-order valence-corrected chi connectivity index (χ4v) is 3.89. The maximum Gasteiger partial charge on any atom is 0.321 e. The number of carbonyl (C=O) groups excluding carboxylic acids is 3. The van der Waals surface area contributed by atoms with Gasteiger partial charge >= 0.3 is 11.9 Å². The molecule has 3 rings (SSSR count). The van der Waals surface area contributed by atoms with Gasteiger partial charge in [0.1, 0.15) is 12.2 Å². The summed E-state index contributed by atoms with van der Waals surface area (Å²) < 4.78 is 11.2. The summed E-state index contributed by atoms with van der Waals surface area (Å²) in [5.74, 6) is -2.92. The second kappa shape index (κ2) is 10.2. The molecule has 0 aliphatic carbocycles. The molecular weight excluding hydrogens is 380 g/mol. The Labute approximate surface area is 177 Å². The zero-order valence-electron chi connectivity index (χ0n) is 17.5. The van der Waals surface area contributed by atoms with Crippen LogP contribution < -0.4 is 0 Å². The SMILES string of the molecule is CCCC[C@@H]1OC(=O)[C@@H](C(=O)O[C@H](C)c2ccccc2)[C@@H]1CC(=O)c1ccccc1. The standard InChI is InChI=1S/C25H28O5/c1-3-4-15-22-20(16-21(26)19-13-9-6-10-14-19)23(25(28)30-22)24(27)29-17(2)18-11-7-5-8-12-18/h5-14,17,20,22-23H,3-4,15-16H2,1-2H3/t17-,20-,22+,23-/m1/s1. The normalized spacial score (nSPS) is 21.7. The molecule has 0 N–H and O–H groups in total. The molecule has 2 aromatic rings. The Bertz CT molecular complexity index is 862. The van der Waals surface area contributed by atoms with E-state index in [4.69, 9.17) is 9.47 Å². The third-order valence-electron chi connectivity index (χ3n) is 5.60. The Morgan fingerprint density at radius 1 is 1.03 bits per heavy atom. The fraction of sp³-hybridized carbons (Fsp3) is 0.400. The number of cyclic esters (lactones) is 1. The van der Waals surface area contributed by atoms with Crippen molar-refractivity contribution in [1.29, 1.82) is 0 Å². The van der Waals surface area contributed by atoms with E-state index in [-0.39, 0.29) is 12.2 Å². The summed E-state index contributed by atoms with van der Waals surface area (Å²) in [6.45, 7) is 3.82. The molecule has 1 saturated heterocycles. The molecule has 1 aliphatic heterocycles. The highest BCUT2D eigenvalue weighted by Gasteiger charge is 2.50. The van der Waals surface area contributed by atoms with Crippen molar-refractivity contribution in [1.82, 2.24) is 0 Å². The summed E-state index contributed by atoms with van der Waals surface area (Å²) in [6.07, 6.45) is 1.56. The highest BCUT2D eigenvalue weighted by molar-refractivity contribution is 6.00. The molecule has 30 heavy (non-hydrogen) atoms. The van der Waals surface area contributed by atoms with Crippen LogP contribution in [-0.2, 0) is 19.1 Å². The van der Waals surface area contributed by atoms with Crippen molar-refractivity contribution >= 4 is 17.7 Å². The summed E-state index contributed by atoms with van der Waals surface area (Å²) >= 11 is 0. The lowest BCUT2D eigenvalue weighted by Gasteiger charge is -2.21. The molecule has 5 heteroatoms. The molecule has 0 bridgehead atoms. The number of carbonyl (C=O) groups is 3. The van der Waals surface area contributed by atoms with Gasteiger partial charge in [-0.25, -0.2) is 0 Å². The number of hydrogen-bond donors (Lipinski definition) is 0. The molecule has 0 spiro atoms. The summed E-state index contributed by atoms with van der Waals surface area (Å²) in [5.41, 5.74) is 1.41. The number of unbranched alkanes of at least 4 members (excludes halogenated alkanes) is 1. The largest absolute Gasteiger partial charge is 0.461 e. The van der Waals surface area contributed by atoms with Crippen molar-refractivity contribution in [3.8, 4) is 0 Å². The molecule has 0 saturated carbocycles. The van der Waals surface area contributed by atoms with Gasteiger partial charge in [0.05, 0.1) is 0 Å². The number of hydrogen-bond acceptors (Lipinski definition) is 5. The Morgan fingerprint density at radius 2 is 1.67 bits per heavy atom. The molecule has 1 fully saturated rings. The van der Waals surface area contributed by atoms with Gasteiger partial charge in [-0.05, 0) is 18.9 Å². The van der Waals surface area contributed by atoms with Crippen LogP contribution in [0.1, 0.15) is 61.6 Å². The van der Waals surface area contributed by atoms with Crippen LogP contribution in [0.2, 0.25) is 0 Å². The number of benzene rings is 2. The number of esters is 2. The topological polar surface area (TPSA) is 69.7 Å². The highest BCUT2D eigenvalue weighted by Crippen LogP contribution is 2.36. The molecule has 1 aliphatic rings. The molecule has 0 amide bonds. The van der Waals surface area contributed by atoms with Crippen molar-refractivity contribution in [3.05, 3.63) is 71.8 Å². The molecule has 0 unspecified atom stereocenters. The van der Waals surface area contributed by atoms with Crippen LogP contribution >= 0.6 is 0 Å². The molecule has 1 heterocycles. The van der Waals surface area contributed by atoms with Gasteiger partial charge in [-0.15, -0.1) is 0 Å². The highest BCUT2D eigenvalue weighted by atomic mass is 16.6. The van der Waals surface area contributed by atoms with Crippen molar-refractivity contribution < 1.29 is 23.9 Å². The Morgan fingerprint density at radius 3 is 2.30 bits per heavy atom. The number of rotatable bonds is 9. The molecule has 0 radical (unpaired) electrons. The van der Waals surface area contributed by atoms with Crippen molar-refractivity contribution in [2.75, 3.05) is 0 Å². The van der Waals surface area contributed by atoms with Gasteiger partial charge in [-0.3, -0.25) is 14.4 Å². The molecule has 0 aromatic heterocycles. The minimum atomic E-state index is -1.08. The average Bonchev–Trinajstić information content (AvgIpc) is 3.08. The van der Waals surface area contributed by atoms with Crippen molar-refractivity contribution in [2.45, 2.75) is 51.7 Å². The first-order valence-electron chi connectivity index (χ1n) is 10.6. The summed E-state index contributed by atoms with van der Waals surface area (Å²) in [6, 6.07) is 18.3. The van der Waals surface area contributed by atoms with Crippen molar-refractivity contribution in [3.63, 3.8) is 0 Å².